The highest BCUT2D eigenvalue weighted by molar-refractivity contribution is 9.10. The largest absolute Gasteiger partial charge is 0.323 e. The molecule has 0 saturated heterocycles. The molecule has 1 N–H and O–H groups in total. The van der Waals surface area contributed by atoms with Crippen molar-refractivity contribution in [2.45, 2.75) is 6.54 Å². The Hall–Kier alpha value is -1.47. The van der Waals surface area contributed by atoms with Gasteiger partial charge in [0.2, 0.25) is 5.91 Å². The Bertz CT molecular complexity index is 530. The van der Waals surface area contributed by atoms with Gasteiger partial charge in [-0.3, -0.25) is 4.79 Å². The maximum Gasteiger partial charge on any atom is 0.246 e. The third-order valence-corrected chi connectivity index (χ3v) is 2.72. The molecule has 0 spiro atoms. The Morgan fingerprint density at radius 3 is 3.06 bits per heavy atom. The van der Waals surface area contributed by atoms with Crippen molar-refractivity contribution in [1.29, 1.82) is 0 Å². The van der Waals surface area contributed by atoms with Gasteiger partial charge in [0.25, 0.3) is 0 Å². The molecule has 0 unspecified atom stereocenters. The predicted octanol–water partition coefficient (Wildman–Crippen LogP) is 1.73. The van der Waals surface area contributed by atoms with Crippen molar-refractivity contribution in [3.05, 3.63) is 34.0 Å². The first kappa shape index (κ1) is 12.0. The highest BCUT2D eigenvalue weighted by Gasteiger charge is 2.07. The normalized spacial score (nSPS) is 10.2. The van der Waals surface area contributed by atoms with Crippen LogP contribution in [0, 0.1) is 0 Å². The van der Waals surface area contributed by atoms with E-state index in [1.54, 1.807) is 18.2 Å². The van der Waals surface area contributed by atoms with Crippen LogP contribution in [-0.4, -0.2) is 26.1 Å². The lowest BCUT2D eigenvalue weighted by Gasteiger charge is -2.07. The van der Waals surface area contributed by atoms with E-state index in [2.05, 4.69) is 36.8 Å². The molecule has 0 fully saturated rings. The molecule has 2 aromatic rings. The van der Waals surface area contributed by atoms with Gasteiger partial charge < -0.3 is 5.32 Å². The Morgan fingerprint density at radius 2 is 2.35 bits per heavy atom. The Kier molecular flexibility index (Phi) is 3.70. The van der Waals surface area contributed by atoms with Crippen LogP contribution >= 0.6 is 27.5 Å². The third-order valence-electron chi connectivity index (χ3n) is 1.90. The van der Waals surface area contributed by atoms with Gasteiger partial charge in [-0.05, 0) is 28.6 Å². The first-order chi connectivity index (χ1) is 8.15. The van der Waals surface area contributed by atoms with E-state index in [1.165, 1.54) is 11.0 Å². The van der Waals surface area contributed by atoms with Crippen molar-refractivity contribution in [2.75, 3.05) is 5.32 Å². The first-order valence-corrected chi connectivity index (χ1v) is 5.78. The van der Waals surface area contributed by atoms with Crippen LogP contribution in [0.4, 0.5) is 5.69 Å². The van der Waals surface area contributed by atoms with Gasteiger partial charge in [0, 0.05) is 4.47 Å². The van der Waals surface area contributed by atoms with Crippen LogP contribution in [0.15, 0.2) is 29.0 Å². The van der Waals surface area contributed by atoms with Crippen LogP contribution in [-0.2, 0) is 11.3 Å². The highest BCUT2D eigenvalue weighted by atomic mass is 79.9. The van der Waals surface area contributed by atoms with E-state index in [-0.39, 0.29) is 12.5 Å². The second-order valence-corrected chi connectivity index (χ2v) is 4.50. The van der Waals surface area contributed by atoms with Crippen molar-refractivity contribution in [3.8, 4) is 0 Å². The fourth-order valence-corrected chi connectivity index (χ4v) is 1.71. The minimum atomic E-state index is -0.252. The van der Waals surface area contributed by atoms with Crippen molar-refractivity contribution in [2.24, 2.45) is 0 Å². The molecule has 0 saturated carbocycles. The molecule has 1 amide bonds. The second-order valence-electron chi connectivity index (χ2n) is 3.18. The summed E-state index contributed by atoms with van der Waals surface area (Å²) in [7, 11) is 0. The monoisotopic (exact) mass is 315 g/mol. The number of nitrogens with one attached hydrogen (secondary N) is 1. The van der Waals surface area contributed by atoms with E-state index in [1.807, 2.05) is 0 Å². The van der Waals surface area contributed by atoms with E-state index in [0.717, 1.165) is 4.47 Å². The molecular weight excluding hydrogens is 309 g/mol. The number of rotatable bonds is 3. The lowest BCUT2D eigenvalue weighted by atomic mass is 10.3. The summed E-state index contributed by atoms with van der Waals surface area (Å²) in [5.41, 5.74) is 0.541. The molecular formula is C9H7BrClN5O. The van der Waals surface area contributed by atoms with E-state index >= 15 is 0 Å². The summed E-state index contributed by atoms with van der Waals surface area (Å²) in [5, 5.41) is 13.6. The van der Waals surface area contributed by atoms with Crippen molar-refractivity contribution in [1.82, 2.24) is 20.2 Å². The number of nitrogens with zero attached hydrogens (tertiary/aromatic N) is 4. The molecule has 0 atom stereocenters. The summed E-state index contributed by atoms with van der Waals surface area (Å²) < 4.78 is 2.15. The number of amides is 1. The lowest BCUT2D eigenvalue weighted by Crippen LogP contribution is -2.19. The van der Waals surface area contributed by atoms with E-state index in [9.17, 15) is 4.79 Å². The Morgan fingerprint density at radius 1 is 1.53 bits per heavy atom. The van der Waals surface area contributed by atoms with Gasteiger partial charge in [0.05, 0.1) is 10.7 Å². The smallest absolute Gasteiger partial charge is 0.246 e. The van der Waals surface area contributed by atoms with Crippen LogP contribution in [0.5, 0.6) is 0 Å². The summed E-state index contributed by atoms with van der Waals surface area (Å²) >= 11 is 9.24. The van der Waals surface area contributed by atoms with Crippen molar-refractivity contribution in [3.63, 3.8) is 0 Å². The zero-order chi connectivity index (χ0) is 12.3. The van der Waals surface area contributed by atoms with Gasteiger partial charge in [-0.2, -0.15) is 0 Å². The van der Waals surface area contributed by atoms with Gasteiger partial charge in [-0.25, -0.2) is 4.68 Å². The third kappa shape index (κ3) is 3.24. The Labute approximate surface area is 110 Å². The van der Waals surface area contributed by atoms with Crippen molar-refractivity contribution >= 4 is 39.1 Å². The van der Waals surface area contributed by atoms with E-state index < -0.39 is 0 Å². The molecule has 1 aromatic heterocycles. The molecule has 1 aromatic carbocycles. The lowest BCUT2D eigenvalue weighted by molar-refractivity contribution is -0.116. The molecule has 88 valence electrons. The number of benzene rings is 1. The standard InChI is InChI=1S/C9H7BrClN5O/c10-6-1-2-7(11)8(3-6)13-9(17)4-16-5-12-14-15-16/h1-3,5H,4H2,(H,13,17). The summed E-state index contributed by atoms with van der Waals surface area (Å²) in [6, 6.07) is 5.21. The van der Waals surface area contributed by atoms with Crippen LogP contribution in [0.1, 0.15) is 0 Å². The molecule has 0 aliphatic heterocycles. The quantitative estimate of drug-likeness (QED) is 0.936. The molecule has 17 heavy (non-hydrogen) atoms. The number of carbonyl (C=O) groups is 1. The molecule has 0 aliphatic rings. The molecule has 6 nitrogen and oxygen atoms in total. The van der Waals surface area contributed by atoms with E-state index in [4.69, 9.17) is 11.6 Å². The van der Waals surface area contributed by atoms with Gasteiger partial charge in [-0.15, -0.1) is 5.10 Å². The summed E-state index contributed by atoms with van der Waals surface area (Å²) in [6.07, 6.45) is 1.36. The Balaban J connectivity index is 2.05. The predicted molar refractivity (Wildman–Crippen MR) is 65.6 cm³/mol. The second kappa shape index (κ2) is 5.24. The topological polar surface area (TPSA) is 72.7 Å². The molecule has 0 radical (unpaired) electrons. The molecule has 0 bridgehead atoms. The highest BCUT2D eigenvalue weighted by Crippen LogP contribution is 2.25. The number of tetrazole rings is 1. The average Bonchev–Trinajstić information content (AvgIpc) is 2.76. The molecule has 0 aliphatic carbocycles. The fraction of sp³-hybridized carbons (Fsp3) is 0.111. The van der Waals surface area contributed by atoms with E-state index in [0.29, 0.717) is 10.7 Å². The maximum atomic E-state index is 11.6. The average molecular weight is 317 g/mol. The van der Waals surface area contributed by atoms with Gasteiger partial charge >= 0.3 is 0 Å². The van der Waals surface area contributed by atoms with Crippen molar-refractivity contribution < 1.29 is 4.79 Å². The minimum Gasteiger partial charge on any atom is -0.323 e. The molecule has 1 heterocycles. The minimum absolute atomic E-state index is 0.0375. The van der Waals surface area contributed by atoms with Gasteiger partial charge in [-0.1, -0.05) is 27.5 Å². The summed E-state index contributed by atoms with van der Waals surface area (Å²) in [5.74, 6) is -0.252. The zero-order valence-corrected chi connectivity index (χ0v) is 10.8. The van der Waals surface area contributed by atoms with Gasteiger partial charge in [0.1, 0.15) is 12.9 Å². The van der Waals surface area contributed by atoms with Crippen LogP contribution in [0.2, 0.25) is 5.02 Å². The van der Waals surface area contributed by atoms with Crippen LogP contribution in [0.3, 0.4) is 0 Å². The first-order valence-electron chi connectivity index (χ1n) is 4.61. The number of halogens is 2. The molecule has 2 rings (SSSR count). The summed E-state index contributed by atoms with van der Waals surface area (Å²) in [6.45, 7) is 0.0375. The fourth-order valence-electron chi connectivity index (χ4n) is 1.18. The number of anilines is 1. The van der Waals surface area contributed by atoms with Gasteiger partial charge in [0.15, 0.2) is 0 Å². The zero-order valence-electron chi connectivity index (χ0n) is 8.47. The number of aromatic nitrogens is 4. The molecule has 8 heteroatoms. The SMILES string of the molecule is O=C(Cn1cnnn1)Nc1cc(Br)ccc1Cl. The number of hydrogen-bond acceptors (Lipinski definition) is 4. The summed E-state index contributed by atoms with van der Waals surface area (Å²) in [4.78, 5) is 11.6. The van der Waals surface area contributed by atoms with Crippen LogP contribution in [0.25, 0.3) is 0 Å². The van der Waals surface area contributed by atoms with Crippen LogP contribution < -0.4 is 5.32 Å². The number of carbonyl (C=O) groups excluding carboxylic acids is 1. The number of hydrogen-bond donors (Lipinski definition) is 1. The maximum absolute atomic E-state index is 11.6.